The van der Waals surface area contributed by atoms with E-state index < -0.39 is 85.0 Å². The topological polar surface area (TPSA) is 0 Å². The van der Waals surface area contributed by atoms with Gasteiger partial charge in [0, 0.05) is 17.1 Å². The van der Waals surface area contributed by atoms with Crippen molar-refractivity contribution in [1.82, 2.24) is 0 Å². The summed E-state index contributed by atoms with van der Waals surface area (Å²) in [5, 5.41) is 0.118. The maximum absolute atomic E-state index is 14.2. The van der Waals surface area contributed by atoms with Crippen molar-refractivity contribution in [2.24, 2.45) is 5.92 Å². The monoisotopic (exact) mass is 952 g/mol. The minimum Gasteiger partial charge on any atom is -0.166 e. The van der Waals surface area contributed by atoms with E-state index in [1.54, 1.807) is 6.92 Å². The van der Waals surface area contributed by atoms with Gasteiger partial charge in [-0.3, -0.25) is 0 Å². The fraction of sp³-hybridized carbons (Fsp3) is 0.609. The van der Waals surface area contributed by atoms with Gasteiger partial charge in [-0.15, -0.1) is 0 Å². The van der Waals surface area contributed by atoms with Gasteiger partial charge in [0.2, 0.25) is 0 Å². The standard InChI is InChI=1S/C41H44F12P2.C5H10.Fe/c1-25(34-16-10-17-35(34)36-15-8-9-18-37(36)55(30-11-4-2-5-12-30)31-13-6-3-7-14-31)54(32-21-26(38(42,43)44)19-27(22-32)39(45,46)47)33-23-28(40(48,49)50)20-29(24-33)41(51,52)53;1-2-4-5-3-1;/h8-9,15,18-25,30-31,34-35H,2-7,10-14,16-17H2,1H3;1-5H2;/t25-,34?,35?;;/m0../s1. The molecule has 0 N–H and O–H groups in total. The molecule has 3 atom stereocenters. The summed E-state index contributed by atoms with van der Waals surface area (Å²) in [6.07, 6.45) is -0.463. The molecule has 0 spiro atoms. The van der Waals surface area contributed by atoms with Gasteiger partial charge in [0.1, 0.15) is 0 Å². The fourth-order valence-electron chi connectivity index (χ4n) is 10.2. The molecule has 4 aliphatic rings. The molecule has 3 aromatic rings. The van der Waals surface area contributed by atoms with E-state index in [2.05, 4.69) is 6.07 Å². The SMILES string of the molecule is C1CCCC1.C[C@@H](C1CCCC1c1ccccc1P(C1CCCCC1)C1CCCCC1)P(c1cc(C(F)(F)F)cc(C(F)(F)F)c1)c1cc(C(F)(F)F)cc(C(F)(F)F)c1.[Fe]. The molecule has 0 saturated heterocycles. The first-order chi connectivity index (χ1) is 28.2. The van der Waals surface area contributed by atoms with Crippen LogP contribution in [-0.2, 0) is 41.8 Å². The van der Waals surface area contributed by atoms with Crippen molar-refractivity contribution >= 4 is 31.8 Å². The third-order valence-electron chi connectivity index (χ3n) is 13.1. The Bertz CT molecular complexity index is 1690. The van der Waals surface area contributed by atoms with Gasteiger partial charge in [0.15, 0.2) is 0 Å². The van der Waals surface area contributed by atoms with E-state index in [9.17, 15) is 52.7 Å². The summed E-state index contributed by atoms with van der Waals surface area (Å²) in [6.45, 7) is 1.59. The van der Waals surface area contributed by atoms with E-state index in [0.717, 1.165) is 56.9 Å². The third kappa shape index (κ3) is 12.7. The van der Waals surface area contributed by atoms with Crippen LogP contribution in [0.2, 0.25) is 0 Å². The molecule has 3 aromatic carbocycles. The molecule has 2 unspecified atom stereocenters. The third-order valence-corrected chi connectivity index (χ3v) is 19.5. The van der Waals surface area contributed by atoms with Crippen molar-refractivity contribution < 1.29 is 69.8 Å². The van der Waals surface area contributed by atoms with Crippen LogP contribution in [0, 0.1) is 5.92 Å². The van der Waals surface area contributed by atoms with Crippen molar-refractivity contribution in [2.75, 3.05) is 0 Å². The Balaban J connectivity index is 0.00000109. The minimum absolute atomic E-state index is 0. The molecule has 7 rings (SSSR count). The number of hydrogen-bond donors (Lipinski definition) is 0. The number of halogens is 12. The number of benzene rings is 3. The van der Waals surface area contributed by atoms with Crippen molar-refractivity contribution in [2.45, 2.75) is 170 Å². The number of hydrogen-bond acceptors (Lipinski definition) is 0. The average molecular weight is 953 g/mol. The summed E-state index contributed by atoms with van der Waals surface area (Å²) in [5.41, 5.74) is -5.47. The Kier molecular flexibility index (Phi) is 17.3. The van der Waals surface area contributed by atoms with Crippen molar-refractivity contribution in [3.05, 3.63) is 88.5 Å². The second-order valence-corrected chi connectivity index (χ2v) is 22.5. The maximum atomic E-state index is 14.2. The Hall–Kier alpha value is -1.80. The van der Waals surface area contributed by atoms with Crippen molar-refractivity contribution in [1.29, 1.82) is 0 Å². The molecule has 0 nitrogen and oxygen atoms in total. The van der Waals surface area contributed by atoms with E-state index in [0.29, 0.717) is 54.8 Å². The quantitative estimate of drug-likeness (QED) is 0.120. The molecule has 340 valence electrons. The molecule has 4 aliphatic carbocycles. The Morgan fingerprint density at radius 1 is 0.459 bits per heavy atom. The first-order valence-corrected chi connectivity index (χ1v) is 24.4. The van der Waals surface area contributed by atoms with E-state index in [1.807, 2.05) is 18.2 Å². The van der Waals surface area contributed by atoms with Gasteiger partial charge < -0.3 is 0 Å². The number of alkyl halides is 12. The first-order valence-electron chi connectivity index (χ1n) is 21.5. The molecule has 4 saturated carbocycles. The zero-order valence-corrected chi connectivity index (χ0v) is 37.1. The Morgan fingerprint density at radius 2 is 0.820 bits per heavy atom. The van der Waals surface area contributed by atoms with Crippen LogP contribution >= 0.6 is 15.8 Å². The van der Waals surface area contributed by atoms with Gasteiger partial charge in [0.25, 0.3) is 0 Å². The van der Waals surface area contributed by atoms with Crippen molar-refractivity contribution in [3.63, 3.8) is 0 Å². The normalized spacial score (nSPS) is 21.6. The molecule has 0 amide bonds. The molecule has 4 fully saturated rings. The van der Waals surface area contributed by atoms with E-state index in [4.69, 9.17) is 0 Å². The summed E-state index contributed by atoms with van der Waals surface area (Å²) in [6, 6.07) is 9.92. The smallest absolute Gasteiger partial charge is 0.166 e. The average Bonchev–Trinajstić information content (AvgIpc) is 3.95. The largest absolute Gasteiger partial charge is 0.416 e. The van der Waals surface area contributed by atoms with Crippen LogP contribution in [0.1, 0.15) is 156 Å². The van der Waals surface area contributed by atoms with Crippen LogP contribution in [0.15, 0.2) is 60.7 Å². The Morgan fingerprint density at radius 3 is 1.20 bits per heavy atom. The van der Waals surface area contributed by atoms with Crippen LogP contribution in [0.5, 0.6) is 0 Å². The molecule has 0 aromatic heterocycles. The van der Waals surface area contributed by atoms with Gasteiger partial charge >= 0.3 is 24.7 Å². The Labute approximate surface area is 364 Å². The zero-order valence-electron chi connectivity index (χ0n) is 34.2. The first kappa shape index (κ1) is 50.2. The van der Waals surface area contributed by atoms with Gasteiger partial charge in [-0.05, 0) is 133 Å². The second-order valence-electron chi connectivity index (χ2n) is 17.2. The van der Waals surface area contributed by atoms with Crippen LogP contribution < -0.4 is 15.9 Å². The molecule has 15 heteroatoms. The molecular formula is C46H54F12FeP2. The van der Waals surface area contributed by atoms with E-state index in [-0.39, 0.29) is 35.1 Å². The number of rotatable bonds is 8. The molecule has 61 heavy (non-hydrogen) atoms. The van der Waals surface area contributed by atoms with Gasteiger partial charge in [-0.1, -0.05) is 116 Å². The summed E-state index contributed by atoms with van der Waals surface area (Å²) >= 11 is 0. The van der Waals surface area contributed by atoms with Gasteiger partial charge in [-0.25, -0.2) is 0 Å². The summed E-state index contributed by atoms with van der Waals surface area (Å²) in [7, 11) is -3.27. The second kappa shape index (κ2) is 21.0. The predicted molar refractivity (Wildman–Crippen MR) is 218 cm³/mol. The predicted octanol–water partition coefficient (Wildman–Crippen LogP) is 15.9. The van der Waals surface area contributed by atoms with Crippen molar-refractivity contribution in [3.8, 4) is 0 Å². The zero-order chi connectivity index (χ0) is 43.5. The maximum Gasteiger partial charge on any atom is 0.416 e. The fourth-order valence-corrected chi connectivity index (χ4v) is 17.4. The molecule has 0 bridgehead atoms. The van der Waals surface area contributed by atoms with Crippen LogP contribution in [-0.4, -0.2) is 17.0 Å². The van der Waals surface area contributed by atoms with Gasteiger partial charge in [0.05, 0.1) is 22.3 Å². The summed E-state index contributed by atoms with van der Waals surface area (Å²) in [5.74, 6) is -0.663. The minimum atomic E-state index is -5.27. The summed E-state index contributed by atoms with van der Waals surface area (Å²) < 4.78 is 170. The van der Waals surface area contributed by atoms with Gasteiger partial charge in [-0.2, -0.15) is 52.7 Å². The summed E-state index contributed by atoms with van der Waals surface area (Å²) in [4.78, 5) is 0. The van der Waals surface area contributed by atoms with E-state index in [1.165, 1.54) is 50.3 Å². The molecule has 0 heterocycles. The molecule has 0 aliphatic heterocycles. The molecule has 0 radical (unpaired) electrons. The molecular weight excluding hydrogens is 898 g/mol. The van der Waals surface area contributed by atoms with Crippen LogP contribution in [0.4, 0.5) is 52.7 Å². The van der Waals surface area contributed by atoms with Crippen LogP contribution in [0.3, 0.4) is 0 Å². The van der Waals surface area contributed by atoms with Crippen LogP contribution in [0.25, 0.3) is 0 Å². The van der Waals surface area contributed by atoms with E-state index >= 15 is 0 Å².